The molecular weight excluding hydrogens is 266 g/mol. The van der Waals surface area contributed by atoms with Gasteiger partial charge in [0, 0.05) is 11.1 Å². The van der Waals surface area contributed by atoms with Gasteiger partial charge in [-0.25, -0.2) is 0 Å². The standard InChI is InChI=1S/C18H22ClN/c1-13(2)15-9-7-14(8-10-15)11-18(20-3)16-5-4-6-17(19)12-16/h4-10,12-13,18,20H,11H2,1-3H3. The molecule has 2 rings (SSSR count). The van der Waals surface area contributed by atoms with Crippen LogP contribution in [0.2, 0.25) is 5.02 Å². The molecular formula is C18H22ClN. The maximum atomic E-state index is 6.08. The summed E-state index contributed by atoms with van der Waals surface area (Å²) in [5.41, 5.74) is 3.96. The molecule has 0 aliphatic heterocycles. The largest absolute Gasteiger partial charge is 0.313 e. The van der Waals surface area contributed by atoms with Gasteiger partial charge in [-0.05, 0) is 48.2 Å². The van der Waals surface area contributed by atoms with Gasteiger partial charge >= 0.3 is 0 Å². The second kappa shape index (κ2) is 6.92. The van der Waals surface area contributed by atoms with E-state index < -0.39 is 0 Å². The predicted molar refractivity (Wildman–Crippen MR) is 87.5 cm³/mol. The van der Waals surface area contributed by atoms with E-state index in [1.165, 1.54) is 16.7 Å². The molecule has 0 spiro atoms. The van der Waals surface area contributed by atoms with Gasteiger partial charge in [0.15, 0.2) is 0 Å². The highest BCUT2D eigenvalue weighted by Gasteiger charge is 2.10. The van der Waals surface area contributed by atoms with E-state index in [1.807, 2.05) is 25.2 Å². The van der Waals surface area contributed by atoms with Crippen molar-refractivity contribution in [3.8, 4) is 0 Å². The van der Waals surface area contributed by atoms with Crippen molar-refractivity contribution in [2.24, 2.45) is 0 Å². The molecule has 0 aliphatic carbocycles. The third-order valence-electron chi connectivity index (χ3n) is 3.69. The van der Waals surface area contributed by atoms with Crippen molar-refractivity contribution in [1.29, 1.82) is 0 Å². The van der Waals surface area contributed by atoms with Crippen molar-refractivity contribution in [1.82, 2.24) is 5.32 Å². The highest BCUT2D eigenvalue weighted by molar-refractivity contribution is 6.30. The summed E-state index contributed by atoms with van der Waals surface area (Å²) in [6.07, 6.45) is 0.967. The fourth-order valence-electron chi connectivity index (χ4n) is 2.38. The lowest BCUT2D eigenvalue weighted by atomic mass is 9.96. The molecule has 0 radical (unpaired) electrons. The van der Waals surface area contributed by atoms with Crippen LogP contribution in [-0.4, -0.2) is 7.05 Å². The van der Waals surface area contributed by atoms with Gasteiger partial charge in [0.1, 0.15) is 0 Å². The number of likely N-dealkylation sites (N-methyl/N-ethyl adjacent to an activating group) is 1. The molecule has 2 heteroatoms. The van der Waals surface area contributed by atoms with E-state index in [1.54, 1.807) is 0 Å². The smallest absolute Gasteiger partial charge is 0.0409 e. The first-order valence-corrected chi connectivity index (χ1v) is 7.49. The second-order valence-electron chi connectivity index (χ2n) is 5.50. The SMILES string of the molecule is CNC(Cc1ccc(C(C)C)cc1)c1cccc(Cl)c1. The molecule has 1 nitrogen and oxygen atoms in total. The van der Waals surface area contributed by atoms with Crippen molar-refractivity contribution in [3.63, 3.8) is 0 Å². The third kappa shape index (κ3) is 3.84. The highest BCUT2D eigenvalue weighted by Crippen LogP contribution is 2.22. The van der Waals surface area contributed by atoms with Crippen LogP contribution >= 0.6 is 11.6 Å². The molecule has 0 heterocycles. The fourth-order valence-corrected chi connectivity index (χ4v) is 2.58. The van der Waals surface area contributed by atoms with E-state index in [0.29, 0.717) is 12.0 Å². The maximum Gasteiger partial charge on any atom is 0.0409 e. The molecule has 1 N–H and O–H groups in total. The van der Waals surface area contributed by atoms with E-state index in [-0.39, 0.29) is 0 Å². The molecule has 1 unspecified atom stereocenters. The monoisotopic (exact) mass is 287 g/mol. The third-order valence-corrected chi connectivity index (χ3v) is 3.92. The minimum Gasteiger partial charge on any atom is -0.313 e. The Kier molecular flexibility index (Phi) is 5.22. The lowest BCUT2D eigenvalue weighted by Gasteiger charge is -2.17. The first kappa shape index (κ1) is 15.1. The maximum absolute atomic E-state index is 6.08. The van der Waals surface area contributed by atoms with Gasteiger partial charge in [-0.1, -0.05) is 61.8 Å². The van der Waals surface area contributed by atoms with Gasteiger partial charge in [-0.2, -0.15) is 0 Å². The number of hydrogen-bond donors (Lipinski definition) is 1. The summed E-state index contributed by atoms with van der Waals surface area (Å²) in [7, 11) is 1.99. The normalized spacial score (nSPS) is 12.7. The summed E-state index contributed by atoms with van der Waals surface area (Å²) in [6, 6.07) is 17.3. The van der Waals surface area contributed by atoms with Gasteiger partial charge in [-0.15, -0.1) is 0 Å². The summed E-state index contributed by atoms with van der Waals surface area (Å²) in [5, 5.41) is 4.16. The molecule has 0 amide bonds. The van der Waals surface area contributed by atoms with Crippen molar-refractivity contribution < 1.29 is 0 Å². The fraction of sp³-hybridized carbons (Fsp3) is 0.333. The quantitative estimate of drug-likeness (QED) is 0.819. The molecule has 0 fully saturated rings. The summed E-state index contributed by atoms with van der Waals surface area (Å²) in [6.45, 7) is 4.44. The van der Waals surface area contributed by atoms with Crippen LogP contribution < -0.4 is 5.32 Å². The Morgan fingerprint density at radius 1 is 1.00 bits per heavy atom. The minimum absolute atomic E-state index is 0.290. The van der Waals surface area contributed by atoms with E-state index in [2.05, 4.69) is 49.5 Å². The van der Waals surface area contributed by atoms with Crippen LogP contribution in [0.3, 0.4) is 0 Å². The zero-order chi connectivity index (χ0) is 14.5. The first-order valence-electron chi connectivity index (χ1n) is 7.11. The first-order chi connectivity index (χ1) is 9.60. The molecule has 2 aromatic rings. The molecule has 0 aliphatic rings. The van der Waals surface area contributed by atoms with Crippen molar-refractivity contribution in [2.75, 3.05) is 7.05 Å². The molecule has 0 saturated heterocycles. The molecule has 0 aromatic heterocycles. The molecule has 0 saturated carbocycles. The highest BCUT2D eigenvalue weighted by atomic mass is 35.5. The molecule has 1 atom stereocenters. The zero-order valence-corrected chi connectivity index (χ0v) is 13.1. The molecule has 2 aromatic carbocycles. The van der Waals surface area contributed by atoms with E-state index >= 15 is 0 Å². The average molecular weight is 288 g/mol. The summed E-state index contributed by atoms with van der Waals surface area (Å²) in [5.74, 6) is 0.581. The summed E-state index contributed by atoms with van der Waals surface area (Å²) >= 11 is 6.08. The zero-order valence-electron chi connectivity index (χ0n) is 12.4. The minimum atomic E-state index is 0.290. The van der Waals surface area contributed by atoms with Crippen LogP contribution in [0.1, 0.15) is 42.5 Å². The van der Waals surface area contributed by atoms with Crippen molar-refractivity contribution in [3.05, 3.63) is 70.2 Å². The summed E-state index contributed by atoms with van der Waals surface area (Å²) in [4.78, 5) is 0. The van der Waals surface area contributed by atoms with Crippen LogP contribution in [0.5, 0.6) is 0 Å². The van der Waals surface area contributed by atoms with Crippen LogP contribution in [0, 0.1) is 0 Å². The van der Waals surface area contributed by atoms with Gasteiger partial charge in [0.2, 0.25) is 0 Å². The lowest BCUT2D eigenvalue weighted by molar-refractivity contribution is 0.592. The van der Waals surface area contributed by atoms with E-state index in [4.69, 9.17) is 11.6 Å². The Bertz CT molecular complexity index is 546. The Hall–Kier alpha value is -1.31. The molecule has 106 valence electrons. The van der Waals surface area contributed by atoms with Gasteiger partial charge in [0.05, 0.1) is 0 Å². The van der Waals surface area contributed by atoms with Crippen LogP contribution in [0.4, 0.5) is 0 Å². The number of nitrogens with one attached hydrogen (secondary N) is 1. The second-order valence-corrected chi connectivity index (χ2v) is 5.93. The number of benzene rings is 2. The van der Waals surface area contributed by atoms with E-state index in [9.17, 15) is 0 Å². The van der Waals surface area contributed by atoms with Gasteiger partial charge < -0.3 is 5.32 Å². The Labute approximate surface area is 127 Å². The van der Waals surface area contributed by atoms with Gasteiger partial charge in [-0.3, -0.25) is 0 Å². The Morgan fingerprint density at radius 2 is 1.70 bits per heavy atom. The van der Waals surface area contributed by atoms with Crippen LogP contribution in [0.25, 0.3) is 0 Å². The average Bonchev–Trinajstić information content (AvgIpc) is 2.45. The van der Waals surface area contributed by atoms with Crippen LogP contribution in [0.15, 0.2) is 48.5 Å². The number of rotatable bonds is 5. The number of hydrogen-bond acceptors (Lipinski definition) is 1. The topological polar surface area (TPSA) is 12.0 Å². The number of halogens is 1. The predicted octanol–water partition coefficient (Wildman–Crippen LogP) is 4.97. The summed E-state index contributed by atoms with van der Waals surface area (Å²) < 4.78 is 0. The van der Waals surface area contributed by atoms with E-state index in [0.717, 1.165) is 11.4 Å². The molecule has 0 bridgehead atoms. The van der Waals surface area contributed by atoms with Crippen LogP contribution in [-0.2, 0) is 6.42 Å². The van der Waals surface area contributed by atoms with Gasteiger partial charge in [0.25, 0.3) is 0 Å². The van der Waals surface area contributed by atoms with Crippen molar-refractivity contribution >= 4 is 11.6 Å². The molecule has 20 heavy (non-hydrogen) atoms. The Morgan fingerprint density at radius 3 is 2.25 bits per heavy atom. The van der Waals surface area contributed by atoms with Crippen molar-refractivity contribution in [2.45, 2.75) is 32.2 Å². The Balaban J connectivity index is 2.14. The lowest BCUT2D eigenvalue weighted by Crippen LogP contribution is -2.18.